The minimum absolute atomic E-state index is 0. The van der Waals surface area contributed by atoms with Crippen LogP contribution in [0.15, 0.2) is 73.1 Å². The van der Waals surface area contributed by atoms with Crippen LogP contribution in [-0.4, -0.2) is 21.6 Å². The van der Waals surface area contributed by atoms with Crippen molar-refractivity contribution in [3.8, 4) is 17.1 Å². The largest absolute Gasteiger partial charge is 1.00 e. The van der Waals surface area contributed by atoms with Crippen LogP contribution in [0.5, 0.6) is 5.75 Å². The summed E-state index contributed by atoms with van der Waals surface area (Å²) in [5.74, 6) is 2.16. The van der Waals surface area contributed by atoms with Gasteiger partial charge in [-0.05, 0) is 43.3 Å². The van der Waals surface area contributed by atoms with Crippen LogP contribution in [0.2, 0.25) is 0 Å². The van der Waals surface area contributed by atoms with Crippen molar-refractivity contribution in [1.82, 2.24) is 15.0 Å². The van der Waals surface area contributed by atoms with Crippen LogP contribution in [0.25, 0.3) is 22.3 Å². The number of para-hydroxylation sites is 3. The number of hydrogen-bond donors (Lipinski definition) is 1. The zero-order valence-corrected chi connectivity index (χ0v) is 15.5. The topological polar surface area (TPSA) is 59.9 Å². The molecule has 0 aliphatic carbocycles. The van der Waals surface area contributed by atoms with Crippen LogP contribution in [0.4, 0.5) is 11.5 Å². The smallest absolute Gasteiger partial charge is 0.163 e. The van der Waals surface area contributed by atoms with Gasteiger partial charge < -0.3 is 22.5 Å². The predicted octanol–water partition coefficient (Wildman–Crippen LogP) is 1.84. The first-order valence-corrected chi connectivity index (χ1v) is 8.51. The van der Waals surface area contributed by atoms with E-state index < -0.39 is 0 Å². The van der Waals surface area contributed by atoms with E-state index in [9.17, 15) is 0 Å². The quantitative estimate of drug-likeness (QED) is 0.575. The Balaban J connectivity index is 0.00000210. The molecular weight excluding hydrogens is 360 g/mol. The van der Waals surface area contributed by atoms with Crippen molar-refractivity contribution in [1.29, 1.82) is 0 Å². The van der Waals surface area contributed by atoms with E-state index >= 15 is 0 Å². The highest BCUT2D eigenvalue weighted by Gasteiger charge is 2.11. The molecule has 0 spiro atoms. The molecule has 0 aliphatic heterocycles. The molecule has 0 saturated heterocycles. The van der Waals surface area contributed by atoms with Gasteiger partial charge in [-0.1, -0.05) is 24.3 Å². The van der Waals surface area contributed by atoms with E-state index in [1.54, 1.807) is 12.4 Å². The molecule has 2 aromatic heterocycles. The lowest BCUT2D eigenvalue weighted by Crippen LogP contribution is -3.00. The Morgan fingerprint density at radius 1 is 0.926 bits per heavy atom. The Morgan fingerprint density at radius 3 is 2.56 bits per heavy atom. The van der Waals surface area contributed by atoms with Gasteiger partial charge in [-0.3, -0.25) is 4.98 Å². The molecule has 27 heavy (non-hydrogen) atoms. The molecule has 2 aromatic carbocycles. The summed E-state index contributed by atoms with van der Waals surface area (Å²) in [6.45, 7) is 2.57. The van der Waals surface area contributed by atoms with Crippen molar-refractivity contribution in [2.45, 2.75) is 6.92 Å². The Morgan fingerprint density at radius 2 is 1.74 bits per heavy atom. The predicted molar refractivity (Wildman–Crippen MR) is 104 cm³/mol. The van der Waals surface area contributed by atoms with Gasteiger partial charge >= 0.3 is 0 Å². The molecule has 0 saturated carbocycles. The summed E-state index contributed by atoms with van der Waals surface area (Å²) in [6, 6.07) is 19.6. The molecular formula is C21H18ClN4O-. The number of aromatic nitrogens is 3. The van der Waals surface area contributed by atoms with E-state index in [2.05, 4.69) is 15.3 Å². The fraction of sp³-hybridized carbons (Fsp3) is 0.0952. The zero-order valence-electron chi connectivity index (χ0n) is 14.8. The molecule has 4 rings (SSSR count). The molecule has 0 aliphatic rings. The Hall–Kier alpha value is -3.18. The summed E-state index contributed by atoms with van der Waals surface area (Å²) >= 11 is 0. The second kappa shape index (κ2) is 8.47. The number of nitrogens with one attached hydrogen (secondary N) is 1. The molecule has 0 bridgehead atoms. The van der Waals surface area contributed by atoms with E-state index in [1.807, 2.05) is 67.6 Å². The third kappa shape index (κ3) is 3.99. The van der Waals surface area contributed by atoms with Gasteiger partial charge in [0.2, 0.25) is 0 Å². The molecule has 2 heterocycles. The lowest BCUT2D eigenvalue weighted by molar-refractivity contribution is -0.00000582. The van der Waals surface area contributed by atoms with Crippen LogP contribution in [0.1, 0.15) is 6.92 Å². The maximum Gasteiger partial charge on any atom is 0.163 e. The van der Waals surface area contributed by atoms with E-state index in [4.69, 9.17) is 9.72 Å². The molecule has 6 heteroatoms. The SMILES string of the molecule is CCOc1ccccc1Nc1nc(-c2cccnc2)nc2ccccc12.[Cl-]. The first kappa shape index (κ1) is 18.6. The van der Waals surface area contributed by atoms with Crippen LogP contribution < -0.4 is 22.5 Å². The number of hydrogen-bond acceptors (Lipinski definition) is 5. The van der Waals surface area contributed by atoms with Gasteiger partial charge in [0.25, 0.3) is 0 Å². The van der Waals surface area contributed by atoms with Gasteiger partial charge in [-0.25, -0.2) is 9.97 Å². The summed E-state index contributed by atoms with van der Waals surface area (Å²) in [4.78, 5) is 13.6. The first-order valence-electron chi connectivity index (χ1n) is 8.51. The normalized spacial score (nSPS) is 10.3. The van der Waals surface area contributed by atoms with Crippen LogP contribution >= 0.6 is 0 Å². The number of rotatable bonds is 5. The van der Waals surface area contributed by atoms with Gasteiger partial charge in [0.1, 0.15) is 11.6 Å². The molecule has 0 radical (unpaired) electrons. The highest BCUT2D eigenvalue weighted by molar-refractivity contribution is 5.92. The van der Waals surface area contributed by atoms with E-state index in [1.165, 1.54) is 0 Å². The number of ether oxygens (including phenoxy) is 1. The van der Waals surface area contributed by atoms with E-state index in [0.717, 1.165) is 33.7 Å². The summed E-state index contributed by atoms with van der Waals surface area (Å²) in [5.41, 5.74) is 2.62. The molecule has 1 N–H and O–H groups in total. The molecule has 0 fully saturated rings. The lowest BCUT2D eigenvalue weighted by Gasteiger charge is -2.14. The summed E-state index contributed by atoms with van der Waals surface area (Å²) in [6.07, 6.45) is 3.50. The van der Waals surface area contributed by atoms with Crippen LogP contribution in [-0.2, 0) is 0 Å². The Kier molecular flexibility index (Phi) is 5.84. The Labute approximate surface area is 163 Å². The standard InChI is InChI=1S/C21H18N4O.ClH/c1-2-26-19-12-6-5-11-18(19)24-21-16-9-3-4-10-17(16)23-20(25-21)15-8-7-13-22-14-15;/h3-14H,2H2,1H3,(H,23,24,25);1H/p-1. The fourth-order valence-corrected chi connectivity index (χ4v) is 2.77. The Bertz CT molecular complexity index is 1040. The molecule has 5 nitrogen and oxygen atoms in total. The molecule has 0 amide bonds. The highest BCUT2D eigenvalue weighted by Crippen LogP contribution is 2.31. The minimum Gasteiger partial charge on any atom is -1.00 e. The van der Waals surface area contributed by atoms with Crippen molar-refractivity contribution in [3.63, 3.8) is 0 Å². The lowest BCUT2D eigenvalue weighted by atomic mass is 10.2. The second-order valence-electron chi connectivity index (χ2n) is 5.71. The van der Waals surface area contributed by atoms with Crippen molar-refractivity contribution in [2.24, 2.45) is 0 Å². The minimum atomic E-state index is 0. The van der Waals surface area contributed by atoms with Crippen LogP contribution in [0.3, 0.4) is 0 Å². The third-order valence-corrected chi connectivity index (χ3v) is 3.96. The monoisotopic (exact) mass is 377 g/mol. The van der Waals surface area contributed by atoms with Crippen molar-refractivity contribution in [3.05, 3.63) is 73.1 Å². The number of fused-ring (bicyclic) bond motifs is 1. The van der Waals surface area contributed by atoms with Gasteiger partial charge in [0.15, 0.2) is 5.82 Å². The average Bonchev–Trinajstić information content (AvgIpc) is 2.70. The van der Waals surface area contributed by atoms with E-state index in [-0.39, 0.29) is 12.4 Å². The molecule has 0 unspecified atom stereocenters. The number of benzene rings is 2. The summed E-state index contributed by atoms with van der Waals surface area (Å²) in [7, 11) is 0. The number of halogens is 1. The zero-order chi connectivity index (χ0) is 17.8. The van der Waals surface area contributed by atoms with Crippen LogP contribution in [0, 0.1) is 0 Å². The summed E-state index contributed by atoms with van der Waals surface area (Å²) in [5, 5.41) is 4.36. The van der Waals surface area contributed by atoms with Crippen molar-refractivity contribution < 1.29 is 17.1 Å². The second-order valence-corrected chi connectivity index (χ2v) is 5.71. The third-order valence-electron chi connectivity index (χ3n) is 3.96. The van der Waals surface area contributed by atoms with Gasteiger partial charge in [0.05, 0.1) is 17.8 Å². The van der Waals surface area contributed by atoms with Crippen molar-refractivity contribution >= 4 is 22.4 Å². The van der Waals surface area contributed by atoms with E-state index in [0.29, 0.717) is 12.4 Å². The first-order chi connectivity index (χ1) is 12.8. The number of pyridine rings is 1. The molecule has 0 atom stereocenters. The highest BCUT2D eigenvalue weighted by atomic mass is 35.5. The van der Waals surface area contributed by atoms with Gasteiger partial charge in [-0.15, -0.1) is 0 Å². The van der Waals surface area contributed by atoms with Gasteiger partial charge in [0, 0.05) is 23.3 Å². The van der Waals surface area contributed by atoms with Crippen molar-refractivity contribution in [2.75, 3.05) is 11.9 Å². The van der Waals surface area contributed by atoms with Gasteiger partial charge in [-0.2, -0.15) is 0 Å². The molecule has 4 aromatic rings. The maximum absolute atomic E-state index is 5.72. The fourth-order valence-electron chi connectivity index (χ4n) is 2.77. The number of anilines is 2. The average molecular weight is 378 g/mol. The maximum atomic E-state index is 5.72. The molecule has 136 valence electrons. The number of nitrogens with zero attached hydrogens (tertiary/aromatic N) is 3. The summed E-state index contributed by atoms with van der Waals surface area (Å²) < 4.78 is 5.72.